The number of carbonyl (C=O) groups is 1. The summed E-state index contributed by atoms with van der Waals surface area (Å²) in [6.07, 6.45) is 20.3. The van der Waals surface area contributed by atoms with E-state index in [1.165, 1.54) is 83.5 Å². The molecule has 0 aromatic carbocycles. The van der Waals surface area contributed by atoms with Crippen molar-refractivity contribution in [1.29, 1.82) is 0 Å². The predicted molar refractivity (Wildman–Crippen MR) is 117 cm³/mol. The maximum absolute atomic E-state index is 11.7. The summed E-state index contributed by atoms with van der Waals surface area (Å²) < 4.78 is 5.84. The number of aliphatic hydroxyl groups excluding tert-OH is 1. The molecule has 0 spiro atoms. The SMILES string of the molecule is C[N+](C)(C)CC(O)COC(=O)CCCCCCCCCCCCC1CCCC1. The van der Waals surface area contributed by atoms with Gasteiger partial charge < -0.3 is 14.3 Å². The lowest BCUT2D eigenvalue weighted by Crippen LogP contribution is -2.43. The Hall–Kier alpha value is -0.610. The summed E-state index contributed by atoms with van der Waals surface area (Å²) in [4.78, 5) is 11.7. The van der Waals surface area contributed by atoms with Gasteiger partial charge in [-0.2, -0.15) is 0 Å². The van der Waals surface area contributed by atoms with Crippen LogP contribution in [0.15, 0.2) is 0 Å². The Morgan fingerprint density at radius 2 is 1.39 bits per heavy atom. The highest BCUT2D eigenvalue weighted by Crippen LogP contribution is 2.29. The highest BCUT2D eigenvalue weighted by molar-refractivity contribution is 5.69. The van der Waals surface area contributed by atoms with Crippen molar-refractivity contribution in [3.05, 3.63) is 0 Å². The summed E-state index contributed by atoms with van der Waals surface area (Å²) in [5.74, 6) is 0.892. The molecule has 0 heterocycles. The van der Waals surface area contributed by atoms with Crippen LogP contribution in [0.3, 0.4) is 0 Å². The van der Waals surface area contributed by atoms with Gasteiger partial charge in [-0.25, -0.2) is 0 Å². The molecule has 1 saturated carbocycles. The third-order valence-electron chi connectivity index (χ3n) is 5.91. The van der Waals surface area contributed by atoms with Crippen LogP contribution in [0.5, 0.6) is 0 Å². The van der Waals surface area contributed by atoms with E-state index in [4.69, 9.17) is 4.74 Å². The van der Waals surface area contributed by atoms with Gasteiger partial charge in [-0.1, -0.05) is 89.9 Å². The Morgan fingerprint density at radius 1 is 0.893 bits per heavy atom. The van der Waals surface area contributed by atoms with E-state index in [9.17, 15) is 9.90 Å². The van der Waals surface area contributed by atoms with E-state index in [2.05, 4.69) is 0 Å². The minimum Gasteiger partial charge on any atom is -0.463 e. The summed E-state index contributed by atoms with van der Waals surface area (Å²) >= 11 is 0. The van der Waals surface area contributed by atoms with Crippen LogP contribution in [0.4, 0.5) is 0 Å². The van der Waals surface area contributed by atoms with E-state index in [1.54, 1.807) is 0 Å². The number of likely N-dealkylation sites (N-methyl/N-ethyl adjacent to an activating group) is 1. The van der Waals surface area contributed by atoms with Crippen LogP contribution in [0.1, 0.15) is 103 Å². The van der Waals surface area contributed by atoms with Gasteiger partial charge >= 0.3 is 5.97 Å². The first-order valence-corrected chi connectivity index (χ1v) is 12.0. The molecule has 0 radical (unpaired) electrons. The number of hydrogen-bond acceptors (Lipinski definition) is 3. The van der Waals surface area contributed by atoms with Crippen LogP contribution in [-0.2, 0) is 9.53 Å². The number of aliphatic hydroxyl groups is 1. The van der Waals surface area contributed by atoms with Crippen LogP contribution >= 0.6 is 0 Å². The Balaban J connectivity index is 1.79. The number of hydrogen-bond donors (Lipinski definition) is 1. The Bertz CT molecular complexity index is 386. The number of rotatable bonds is 17. The van der Waals surface area contributed by atoms with Gasteiger partial charge in [0.05, 0.1) is 21.1 Å². The standard InChI is InChI=1S/C24H48NO3/c1-25(2,3)20-23(26)21-28-24(27)19-13-11-9-7-5-4-6-8-10-12-16-22-17-14-15-18-22/h22-23,26H,4-21H2,1-3H3/q+1. The average Bonchev–Trinajstić information content (AvgIpc) is 3.13. The molecule has 1 aliphatic rings. The minimum absolute atomic E-state index is 0.120. The fraction of sp³-hybridized carbons (Fsp3) is 0.958. The fourth-order valence-corrected chi connectivity index (χ4v) is 4.36. The van der Waals surface area contributed by atoms with Gasteiger partial charge in [0, 0.05) is 6.42 Å². The van der Waals surface area contributed by atoms with Crippen molar-refractivity contribution in [3.8, 4) is 0 Å². The third-order valence-corrected chi connectivity index (χ3v) is 5.91. The lowest BCUT2D eigenvalue weighted by Gasteiger charge is -2.26. The summed E-state index contributed by atoms with van der Waals surface area (Å²) in [5.41, 5.74) is 0. The van der Waals surface area contributed by atoms with Crippen molar-refractivity contribution >= 4 is 5.97 Å². The molecule has 1 unspecified atom stereocenters. The van der Waals surface area contributed by atoms with Gasteiger partial charge in [0.1, 0.15) is 19.3 Å². The number of nitrogens with zero attached hydrogens (tertiary/aromatic N) is 1. The van der Waals surface area contributed by atoms with E-state index >= 15 is 0 Å². The van der Waals surface area contributed by atoms with E-state index in [1.807, 2.05) is 21.1 Å². The van der Waals surface area contributed by atoms with Crippen molar-refractivity contribution in [3.63, 3.8) is 0 Å². The largest absolute Gasteiger partial charge is 0.463 e. The van der Waals surface area contributed by atoms with Gasteiger partial charge in [-0.15, -0.1) is 0 Å². The number of carbonyl (C=O) groups excluding carboxylic acids is 1. The molecule has 0 bridgehead atoms. The number of esters is 1. The molecule has 0 saturated heterocycles. The maximum atomic E-state index is 11.7. The summed E-state index contributed by atoms with van der Waals surface area (Å²) in [5, 5.41) is 9.85. The molecule has 0 aromatic rings. The highest BCUT2D eigenvalue weighted by Gasteiger charge is 2.17. The summed E-state index contributed by atoms with van der Waals surface area (Å²) in [7, 11) is 6.05. The van der Waals surface area contributed by atoms with Crippen LogP contribution in [0.2, 0.25) is 0 Å². The van der Waals surface area contributed by atoms with E-state index in [-0.39, 0.29) is 12.6 Å². The van der Waals surface area contributed by atoms with Crippen LogP contribution in [-0.4, -0.2) is 56.0 Å². The number of quaternary nitrogens is 1. The van der Waals surface area contributed by atoms with E-state index < -0.39 is 6.10 Å². The van der Waals surface area contributed by atoms with Crippen molar-refractivity contribution < 1.29 is 19.1 Å². The quantitative estimate of drug-likeness (QED) is 0.201. The molecular formula is C24H48NO3+. The normalized spacial score (nSPS) is 16.4. The van der Waals surface area contributed by atoms with Crippen LogP contribution < -0.4 is 0 Å². The molecule has 4 heteroatoms. The molecule has 1 aliphatic carbocycles. The Labute approximate surface area is 174 Å². The molecule has 0 amide bonds. The minimum atomic E-state index is -0.577. The first-order chi connectivity index (χ1) is 13.4. The molecular weight excluding hydrogens is 350 g/mol. The second kappa shape index (κ2) is 15.3. The third kappa shape index (κ3) is 15.3. The number of unbranched alkanes of at least 4 members (excludes halogenated alkanes) is 9. The molecule has 1 N–H and O–H groups in total. The van der Waals surface area contributed by atoms with Crippen LogP contribution in [0.25, 0.3) is 0 Å². The zero-order chi connectivity index (χ0) is 20.7. The van der Waals surface area contributed by atoms with Gasteiger partial charge in [0.25, 0.3) is 0 Å². The van der Waals surface area contributed by atoms with E-state index in [0.717, 1.165) is 18.8 Å². The molecule has 4 nitrogen and oxygen atoms in total. The average molecular weight is 399 g/mol. The molecule has 166 valence electrons. The lowest BCUT2D eigenvalue weighted by molar-refractivity contribution is -0.873. The van der Waals surface area contributed by atoms with Gasteiger partial charge in [-0.05, 0) is 12.3 Å². The molecule has 28 heavy (non-hydrogen) atoms. The summed E-state index contributed by atoms with van der Waals surface area (Å²) in [6.45, 7) is 0.711. The van der Waals surface area contributed by atoms with Crippen molar-refractivity contribution in [2.75, 3.05) is 34.3 Å². The zero-order valence-electron chi connectivity index (χ0n) is 19.1. The Kier molecular flexibility index (Phi) is 13.9. The topological polar surface area (TPSA) is 46.5 Å². The second-order valence-corrected chi connectivity index (χ2v) is 10.0. The highest BCUT2D eigenvalue weighted by atomic mass is 16.5. The second-order valence-electron chi connectivity index (χ2n) is 10.0. The molecule has 0 aliphatic heterocycles. The maximum Gasteiger partial charge on any atom is 0.305 e. The van der Waals surface area contributed by atoms with Gasteiger partial charge in [-0.3, -0.25) is 4.79 Å². The molecule has 0 aromatic heterocycles. The van der Waals surface area contributed by atoms with Crippen molar-refractivity contribution in [2.24, 2.45) is 5.92 Å². The van der Waals surface area contributed by atoms with E-state index in [0.29, 0.717) is 17.4 Å². The molecule has 1 atom stereocenters. The molecule has 1 fully saturated rings. The Morgan fingerprint density at radius 3 is 1.93 bits per heavy atom. The summed E-state index contributed by atoms with van der Waals surface area (Å²) in [6, 6.07) is 0. The lowest BCUT2D eigenvalue weighted by atomic mass is 9.99. The van der Waals surface area contributed by atoms with Gasteiger partial charge in [0.2, 0.25) is 0 Å². The zero-order valence-corrected chi connectivity index (χ0v) is 19.1. The van der Waals surface area contributed by atoms with Crippen molar-refractivity contribution in [1.82, 2.24) is 0 Å². The first kappa shape index (κ1) is 25.4. The van der Waals surface area contributed by atoms with Gasteiger partial charge in [0.15, 0.2) is 0 Å². The predicted octanol–water partition coefficient (Wildman–Crippen LogP) is 5.47. The van der Waals surface area contributed by atoms with Crippen molar-refractivity contribution in [2.45, 2.75) is 109 Å². The monoisotopic (exact) mass is 398 g/mol. The van der Waals surface area contributed by atoms with Crippen LogP contribution in [0, 0.1) is 5.92 Å². The first-order valence-electron chi connectivity index (χ1n) is 12.0. The molecule has 1 rings (SSSR count). The smallest absolute Gasteiger partial charge is 0.305 e. The fourth-order valence-electron chi connectivity index (χ4n) is 4.36. The number of ether oxygens (including phenoxy) is 1.